The summed E-state index contributed by atoms with van der Waals surface area (Å²) in [4.78, 5) is 0. The number of aromatic amines is 1. The number of nitrogens with one attached hydrogen (secondary N) is 2. The molecule has 2 heterocycles. The van der Waals surface area contributed by atoms with Crippen LogP contribution in [0.4, 0.5) is 5.69 Å². The second-order valence-electron chi connectivity index (χ2n) is 4.27. The summed E-state index contributed by atoms with van der Waals surface area (Å²) in [6.07, 6.45) is 1.54. The molecular weight excluding hydrogens is 268 g/mol. The average Bonchev–Trinajstić information content (AvgIpc) is 3.02. The number of hydrogen-bond acceptors (Lipinski definition) is 7. The highest BCUT2D eigenvalue weighted by molar-refractivity contribution is 5.92. The van der Waals surface area contributed by atoms with Crippen molar-refractivity contribution in [3.05, 3.63) is 42.0 Å². The van der Waals surface area contributed by atoms with E-state index in [0.717, 1.165) is 22.3 Å². The molecule has 1 aromatic carbocycles. The maximum Gasteiger partial charge on any atom is 0.216 e. The molecule has 0 saturated heterocycles. The molecule has 21 heavy (non-hydrogen) atoms. The Morgan fingerprint density at radius 2 is 2.24 bits per heavy atom. The molecule has 0 bridgehead atoms. The van der Waals surface area contributed by atoms with Gasteiger partial charge in [0.2, 0.25) is 5.82 Å². The molecule has 8 nitrogen and oxygen atoms in total. The number of fused-ring (bicyclic) bond motifs is 1. The number of benzene rings is 1. The largest absolute Gasteiger partial charge is 0.360 e. The van der Waals surface area contributed by atoms with E-state index in [9.17, 15) is 0 Å². The van der Waals surface area contributed by atoms with Crippen LogP contribution in [-0.4, -0.2) is 30.8 Å². The number of aromatic nitrogens is 6. The van der Waals surface area contributed by atoms with Crippen molar-refractivity contribution in [2.24, 2.45) is 0 Å². The van der Waals surface area contributed by atoms with Gasteiger partial charge in [-0.25, -0.2) is 0 Å². The van der Waals surface area contributed by atoms with Crippen LogP contribution in [0.2, 0.25) is 0 Å². The average molecular weight is 278 g/mol. The predicted octanol–water partition coefficient (Wildman–Crippen LogP) is 1.43. The lowest BCUT2D eigenvalue weighted by Gasteiger charge is -2.06. The summed E-state index contributed by atoms with van der Waals surface area (Å²) >= 11 is 0. The summed E-state index contributed by atoms with van der Waals surface area (Å²) in [5.74, 6) is 0.237. The van der Waals surface area contributed by atoms with Gasteiger partial charge in [0.05, 0.1) is 11.2 Å². The third-order valence-corrected chi connectivity index (χ3v) is 2.83. The van der Waals surface area contributed by atoms with Crippen LogP contribution in [0, 0.1) is 18.3 Å². The second-order valence-corrected chi connectivity index (χ2v) is 4.27. The van der Waals surface area contributed by atoms with Gasteiger partial charge in [0.1, 0.15) is 11.6 Å². The standard InChI is InChI=1S/C13H10N8/c1-8-5-10-11(3-2-4-12(10)17-16-8)15-7-9(6-14)13-18-20-21-19-13/h2-5,7,15H,1H3,(H,18,19,20,21). The van der Waals surface area contributed by atoms with Crippen LogP contribution >= 0.6 is 0 Å². The zero-order chi connectivity index (χ0) is 14.7. The molecule has 0 fully saturated rings. The van der Waals surface area contributed by atoms with Crippen LogP contribution in [0.3, 0.4) is 0 Å². The zero-order valence-corrected chi connectivity index (χ0v) is 11.1. The van der Waals surface area contributed by atoms with Crippen LogP contribution in [0.25, 0.3) is 16.5 Å². The smallest absolute Gasteiger partial charge is 0.216 e. The lowest BCUT2D eigenvalue weighted by Crippen LogP contribution is -1.95. The Balaban J connectivity index is 1.99. The fourth-order valence-corrected chi connectivity index (χ4v) is 1.86. The van der Waals surface area contributed by atoms with Gasteiger partial charge in [-0.2, -0.15) is 20.7 Å². The molecule has 0 amide bonds. The van der Waals surface area contributed by atoms with Gasteiger partial charge in [-0.3, -0.25) is 0 Å². The molecule has 3 rings (SSSR count). The molecule has 0 radical (unpaired) electrons. The van der Waals surface area contributed by atoms with Crippen molar-refractivity contribution in [3.8, 4) is 6.07 Å². The number of anilines is 1. The van der Waals surface area contributed by atoms with Crippen LogP contribution in [0.15, 0.2) is 30.5 Å². The third-order valence-electron chi connectivity index (χ3n) is 2.83. The summed E-state index contributed by atoms with van der Waals surface area (Å²) in [5, 5.41) is 34.6. The number of nitriles is 1. The molecule has 3 aromatic rings. The number of tetrazole rings is 1. The summed E-state index contributed by atoms with van der Waals surface area (Å²) in [7, 11) is 0. The molecule has 0 atom stereocenters. The molecule has 0 aliphatic carbocycles. The Bertz CT molecular complexity index is 844. The van der Waals surface area contributed by atoms with Gasteiger partial charge in [0, 0.05) is 17.3 Å². The van der Waals surface area contributed by atoms with E-state index in [-0.39, 0.29) is 11.4 Å². The van der Waals surface area contributed by atoms with Crippen molar-refractivity contribution in [2.45, 2.75) is 6.92 Å². The van der Waals surface area contributed by atoms with Crippen molar-refractivity contribution < 1.29 is 0 Å². The van der Waals surface area contributed by atoms with Crippen molar-refractivity contribution in [1.29, 1.82) is 5.26 Å². The Hall–Kier alpha value is -3.34. The highest BCUT2D eigenvalue weighted by Crippen LogP contribution is 2.22. The van der Waals surface area contributed by atoms with Gasteiger partial charge >= 0.3 is 0 Å². The molecule has 8 heteroatoms. The topological polar surface area (TPSA) is 116 Å². The zero-order valence-electron chi connectivity index (χ0n) is 11.1. The first kappa shape index (κ1) is 12.7. The summed E-state index contributed by atoms with van der Waals surface area (Å²) in [6, 6.07) is 9.58. The fraction of sp³-hybridized carbons (Fsp3) is 0.0769. The number of allylic oxidation sites excluding steroid dienone is 1. The maximum absolute atomic E-state index is 9.13. The SMILES string of the molecule is Cc1cc2c(NC=C(C#N)c3nn[nH]n3)cccc2nn1. The molecule has 0 aliphatic heterocycles. The van der Waals surface area contributed by atoms with Gasteiger partial charge in [-0.15, -0.1) is 10.2 Å². The minimum Gasteiger partial charge on any atom is -0.360 e. The van der Waals surface area contributed by atoms with E-state index in [2.05, 4.69) is 36.1 Å². The lowest BCUT2D eigenvalue weighted by atomic mass is 10.1. The molecule has 2 aromatic heterocycles. The number of rotatable bonds is 3. The van der Waals surface area contributed by atoms with E-state index in [4.69, 9.17) is 5.26 Å². The van der Waals surface area contributed by atoms with Crippen LogP contribution in [-0.2, 0) is 0 Å². The minimum absolute atomic E-state index is 0.237. The number of nitrogens with zero attached hydrogens (tertiary/aromatic N) is 6. The second kappa shape index (κ2) is 5.34. The minimum atomic E-state index is 0.237. The number of hydrogen-bond donors (Lipinski definition) is 2. The highest BCUT2D eigenvalue weighted by atomic mass is 15.5. The summed E-state index contributed by atoms with van der Waals surface area (Å²) < 4.78 is 0. The molecule has 2 N–H and O–H groups in total. The quantitative estimate of drug-likeness (QED) is 0.696. The van der Waals surface area contributed by atoms with Crippen molar-refractivity contribution in [3.63, 3.8) is 0 Å². The van der Waals surface area contributed by atoms with Crippen molar-refractivity contribution in [1.82, 2.24) is 30.8 Å². The van der Waals surface area contributed by atoms with Gasteiger partial charge < -0.3 is 5.32 Å². The van der Waals surface area contributed by atoms with E-state index in [1.54, 1.807) is 0 Å². The first-order valence-electron chi connectivity index (χ1n) is 6.11. The van der Waals surface area contributed by atoms with Crippen molar-refractivity contribution >= 4 is 22.2 Å². The van der Waals surface area contributed by atoms with E-state index in [1.807, 2.05) is 37.3 Å². The normalized spacial score (nSPS) is 11.3. The lowest BCUT2D eigenvalue weighted by molar-refractivity contribution is 0.881. The predicted molar refractivity (Wildman–Crippen MR) is 75.7 cm³/mol. The summed E-state index contributed by atoms with van der Waals surface area (Å²) in [6.45, 7) is 1.87. The van der Waals surface area contributed by atoms with E-state index in [1.165, 1.54) is 6.20 Å². The third kappa shape index (κ3) is 2.52. The molecule has 0 saturated carbocycles. The van der Waals surface area contributed by atoms with E-state index in [0.29, 0.717) is 0 Å². The van der Waals surface area contributed by atoms with Crippen LogP contribution in [0.5, 0.6) is 0 Å². The Morgan fingerprint density at radius 3 is 3.00 bits per heavy atom. The highest BCUT2D eigenvalue weighted by Gasteiger charge is 2.06. The van der Waals surface area contributed by atoms with Gasteiger partial charge in [-0.05, 0) is 30.3 Å². The Labute approximate surface area is 119 Å². The molecule has 0 spiro atoms. The summed E-state index contributed by atoms with van der Waals surface area (Å²) in [5.41, 5.74) is 2.69. The monoisotopic (exact) mass is 278 g/mol. The number of aryl methyl sites for hydroxylation is 1. The van der Waals surface area contributed by atoms with Gasteiger partial charge in [0.15, 0.2) is 0 Å². The Morgan fingerprint density at radius 1 is 1.33 bits per heavy atom. The number of H-pyrrole nitrogens is 1. The maximum atomic E-state index is 9.13. The molecule has 102 valence electrons. The first-order chi connectivity index (χ1) is 10.3. The van der Waals surface area contributed by atoms with Crippen LogP contribution < -0.4 is 5.32 Å². The van der Waals surface area contributed by atoms with Gasteiger partial charge in [-0.1, -0.05) is 6.07 Å². The molecule has 0 aliphatic rings. The fourth-order valence-electron chi connectivity index (χ4n) is 1.86. The van der Waals surface area contributed by atoms with E-state index < -0.39 is 0 Å². The van der Waals surface area contributed by atoms with Crippen molar-refractivity contribution in [2.75, 3.05) is 5.32 Å². The molecule has 0 unspecified atom stereocenters. The Kier molecular flexibility index (Phi) is 3.22. The van der Waals surface area contributed by atoms with Gasteiger partial charge in [0.25, 0.3) is 0 Å². The molecular formula is C13H10N8. The first-order valence-corrected chi connectivity index (χ1v) is 6.11. The van der Waals surface area contributed by atoms with Crippen LogP contribution in [0.1, 0.15) is 11.5 Å². The van der Waals surface area contributed by atoms with E-state index >= 15 is 0 Å².